The fraction of sp³-hybridized carbons (Fsp3) is 0.118. The van der Waals surface area contributed by atoms with Crippen LogP contribution in [0.25, 0.3) is 21.8 Å². The van der Waals surface area contributed by atoms with Gasteiger partial charge in [0.15, 0.2) is 0 Å². The Balaban J connectivity index is 1.88. The van der Waals surface area contributed by atoms with Crippen LogP contribution in [0.1, 0.15) is 12.5 Å². The Kier molecular flexibility index (Phi) is 2.96. The number of hydrogen-bond donors (Lipinski definition) is 0. The van der Waals surface area contributed by atoms with Crippen LogP contribution in [0.3, 0.4) is 0 Å². The summed E-state index contributed by atoms with van der Waals surface area (Å²) in [6, 6.07) is 14.9. The summed E-state index contributed by atoms with van der Waals surface area (Å²) in [5.41, 5.74) is 3.56. The van der Waals surface area contributed by atoms with Gasteiger partial charge in [0.2, 0.25) is 0 Å². The smallest absolute Gasteiger partial charge is 0.141 e. The SMILES string of the molecule is CCn1c2ccccc2c2ccc(/C=N/n3cnnc3)cc21. The molecule has 0 unspecified atom stereocenters. The molecule has 0 aliphatic rings. The van der Waals surface area contributed by atoms with Crippen molar-refractivity contribution in [1.29, 1.82) is 0 Å². The van der Waals surface area contributed by atoms with Crippen molar-refractivity contribution in [3.8, 4) is 0 Å². The molecule has 108 valence electrons. The summed E-state index contributed by atoms with van der Waals surface area (Å²) < 4.78 is 3.92. The van der Waals surface area contributed by atoms with Crippen molar-refractivity contribution in [2.75, 3.05) is 0 Å². The molecule has 2 aromatic heterocycles. The molecule has 0 saturated heterocycles. The maximum absolute atomic E-state index is 4.31. The number of rotatable bonds is 3. The minimum Gasteiger partial charge on any atom is -0.341 e. The van der Waals surface area contributed by atoms with E-state index in [4.69, 9.17) is 0 Å². The van der Waals surface area contributed by atoms with E-state index < -0.39 is 0 Å². The minimum absolute atomic E-state index is 0.941. The molecule has 5 nitrogen and oxygen atoms in total. The number of nitrogens with zero attached hydrogens (tertiary/aromatic N) is 5. The maximum Gasteiger partial charge on any atom is 0.141 e. The number of aryl methyl sites for hydroxylation is 1. The predicted octanol–water partition coefficient (Wildman–Crippen LogP) is 3.29. The third-order valence-electron chi connectivity index (χ3n) is 3.86. The fourth-order valence-corrected chi connectivity index (χ4v) is 2.88. The fourth-order valence-electron chi connectivity index (χ4n) is 2.88. The van der Waals surface area contributed by atoms with Gasteiger partial charge in [-0.3, -0.25) is 0 Å². The van der Waals surface area contributed by atoms with Crippen molar-refractivity contribution < 1.29 is 0 Å². The average molecular weight is 289 g/mol. The Morgan fingerprint density at radius 2 is 1.77 bits per heavy atom. The number of aromatic nitrogens is 4. The van der Waals surface area contributed by atoms with Crippen molar-refractivity contribution in [2.24, 2.45) is 5.10 Å². The summed E-state index contributed by atoms with van der Waals surface area (Å²) in [6.45, 7) is 3.11. The zero-order chi connectivity index (χ0) is 14.9. The highest BCUT2D eigenvalue weighted by atomic mass is 15.4. The summed E-state index contributed by atoms with van der Waals surface area (Å²) in [4.78, 5) is 0. The van der Waals surface area contributed by atoms with E-state index in [1.54, 1.807) is 17.3 Å². The van der Waals surface area contributed by atoms with E-state index in [2.05, 4.69) is 69.3 Å². The molecule has 0 saturated carbocycles. The van der Waals surface area contributed by atoms with Gasteiger partial charge < -0.3 is 4.57 Å². The zero-order valence-corrected chi connectivity index (χ0v) is 12.2. The molecule has 4 rings (SSSR count). The van der Waals surface area contributed by atoms with E-state index in [9.17, 15) is 0 Å². The van der Waals surface area contributed by atoms with Crippen LogP contribution in [-0.4, -0.2) is 25.7 Å². The molecule has 0 aliphatic heterocycles. The summed E-state index contributed by atoms with van der Waals surface area (Å²) in [5.74, 6) is 0. The first-order valence-corrected chi connectivity index (χ1v) is 7.27. The number of benzene rings is 2. The minimum atomic E-state index is 0.941. The molecular weight excluding hydrogens is 274 g/mol. The van der Waals surface area contributed by atoms with Crippen LogP contribution in [0.5, 0.6) is 0 Å². The second-order valence-electron chi connectivity index (χ2n) is 5.12. The Hall–Kier alpha value is -2.95. The number of hydrogen-bond acceptors (Lipinski definition) is 3. The topological polar surface area (TPSA) is 48.0 Å². The third-order valence-corrected chi connectivity index (χ3v) is 3.86. The molecule has 0 bridgehead atoms. The van der Waals surface area contributed by atoms with Crippen molar-refractivity contribution in [2.45, 2.75) is 13.5 Å². The van der Waals surface area contributed by atoms with Crippen molar-refractivity contribution >= 4 is 28.0 Å². The largest absolute Gasteiger partial charge is 0.341 e. The molecule has 0 fully saturated rings. The molecule has 4 aromatic rings. The van der Waals surface area contributed by atoms with E-state index in [0.29, 0.717) is 0 Å². The summed E-state index contributed by atoms with van der Waals surface area (Å²) in [7, 11) is 0. The molecule has 0 amide bonds. The lowest BCUT2D eigenvalue weighted by Gasteiger charge is -2.03. The second kappa shape index (κ2) is 5.11. The first-order chi connectivity index (χ1) is 10.9. The highest BCUT2D eigenvalue weighted by Crippen LogP contribution is 2.29. The normalized spacial score (nSPS) is 11.9. The quantitative estimate of drug-likeness (QED) is 0.543. The van der Waals surface area contributed by atoms with Gasteiger partial charge in [-0.15, -0.1) is 10.2 Å². The molecule has 22 heavy (non-hydrogen) atoms. The van der Waals surface area contributed by atoms with Gasteiger partial charge in [0, 0.05) is 28.4 Å². The van der Waals surface area contributed by atoms with E-state index >= 15 is 0 Å². The van der Waals surface area contributed by atoms with Crippen LogP contribution >= 0.6 is 0 Å². The molecular formula is C17H15N5. The van der Waals surface area contributed by atoms with Gasteiger partial charge in [0.05, 0.1) is 6.21 Å². The molecule has 2 aromatic carbocycles. The maximum atomic E-state index is 4.31. The van der Waals surface area contributed by atoms with Gasteiger partial charge in [0.25, 0.3) is 0 Å². The molecule has 5 heteroatoms. The summed E-state index contributed by atoms with van der Waals surface area (Å²) in [5, 5.41) is 14.4. The number of para-hydroxylation sites is 1. The Labute approximate surface area is 127 Å². The summed E-state index contributed by atoms with van der Waals surface area (Å²) >= 11 is 0. The van der Waals surface area contributed by atoms with Gasteiger partial charge in [0.1, 0.15) is 12.7 Å². The highest BCUT2D eigenvalue weighted by molar-refractivity contribution is 6.09. The summed E-state index contributed by atoms with van der Waals surface area (Å²) in [6.07, 6.45) is 4.95. The van der Waals surface area contributed by atoms with Crippen LogP contribution in [0.2, 0.25) is 0 Å². The lowest BCUT2D eigenvalue weighted by atomic mass is 10.1. The van der Waals surface area contributed by atoms with Crippen molar-refractivity contribution in [3.63, 3.8) is 0 Å². The highest BCUT2D eigenvalue weighted by Gasteiger charge is 2.08. The molecule has 0 spiro atoms. The van der Waals surface area contributed by atoms with Gasteiger partial charge in [-0.1, -0.05) is 30.3 Å². The number of fused-ring (bicyclic) bond motifs is 3. The molecule has 2 heterocycles. The van der Waals surface area contributed by atoms with Gasteiger partial charge in [-0.05, 0) is 24.6 Å². The molecule has 0 radical (unpaired) electrons. The van der Waals surface area contributed by atoms with Crippen LogP contribution in [0, 0.1) is 0 Å². The molecule has 0 N–H and O–H groups in total. The van der Waals surface area contributed by atoms with E-state index in [0.717, 1.165) is 12.1 Å². The van der Waals surface area contributed by atoms with E-state index in [1.807, 2.05) is 6.21 Å². The monoisotopic (exact) mass is 289 g/mol. The van der Waals surface area contributed by atoms with E-state index in [1.165, 1.54) is 21.8 Å². The second-order valence-corrected chi connectivity index (χ2v) is 5.12. The average Bonchev–Trinajstić information content (AvgIpc) is 3.18. The Morgan fingerprint density at radius 1 is 1.00 bits per heavy atom. The van der Waals surface area contributed by atoms with Gasteiger partial charge in [-0.25, -0.2) is 4.68 Å². The standard InChI is InChI=1S/C17H15N5/c1-2-22-16-6-4-3-5-14(16)15-8-7-13(9-17(15)22)10-20-21-11-18-19-12-21/h3-12H,2H2,1H3/b20-10+. The van der Waals surface area contributed by atoms with Crippen LogP contribution in [0.15, 0.2) is 60.2 Å². The predicted molar refractivity (Wildman–Crippen MR) is 88.1 cm³/mol. The van der Waals surface area contributed by atoms with Crippen molar-refractivity contribution in [1.82, 2.24) is 19.4 Å². The van der Waals surface area contributed by atoms with E-state index in [-0.39, 0.29) is 0 Å². The van der Waals surface area contributed by atoms with Crippen LogP contribution in [-0.2, 0) is 6.54 Å². The first kappa shape index (κ1) is 12.8. The Bertz CT molecular complexity index is 963. The van der Waals surface area contributed by atoms with Crippen LogP contribution in [0.4, 0.5) is 0 Å². The third kappa shape index (κ3) is 1.98. The zero-order valence-electron chi connectivity index (χ0n) is 12.2. The van der Waals surface area contributed by atoms with Gasteiger partial charge in [-0.2, -0.15) is 5.10 Å². The lowest BCUT2D eigenvalue weighted by molar-refractivity contribution is 0.827. The molecule has 0 atom stereocenters. The first-order valence-electron chi connectivity index (χ1n) is 7.27. The molecule has 0 aliphatic carbocycles. The van der Waals surface area contributed by atoms with Crippen LogP contribution < -0.4 is 0 Å². The van der Waals surface area contributed by atoms with Crippen molar-refractivity contribution in [3.05, 3.63) is 60.7 Å². The lowest BCUT2D eigenvalue weighted by Crippen LogP contribution is -1.94. The Morgan fingerprint density at radius 3 is 2.59 bits per heavy atom. The van der Waals surface area contributed by atoms with Gasteiger partial charge >= 0.3 is 0 Å².